The number of hydrazone groups is 1. The van der Waals surface area contributed by atoms with Crippen molar-refractivity contribution >= 4 is 51.2 Å². The second-order valence-corrected chi connectivity index (χ2v) is 9.20. The number of anilines is 2. The van der Waals surface area contributed by atoms with E-state index < -0.39 is 0 Å². The number of tetrazole rings is 1. The summed E-state index contributed by atoms with van der Waals surface area (Å²) in [6, 6.07) is 41.6. The Balaban J connectivity index is 0.00000185. The van der Waals surface area contributed by atoms with Crippen LogP contribution >= 0.6 is 34.0 Å². The molecule has 1 aromatic heterocycles. The van der Waals surface area contributed by atoms with Crippen molar-refractivity contribution < 1.29 is 0 Å². The van der Waals surface area contributed by atoms with Gasteiger partial charge in [-0.15, -0.1) is 49.3 Å². The average Bonchev–Trinajstić information content (AvgIpc) is 3.67. The number of nitrogens with zero attached hydrogens (tertiary/aromatic N) is 6. The van der Waals surface area contributed by atoms with Crippen molar-refractivity contribution in [3.8, 4) is 0 Å². The third-order valence-corrected chi connectivity index (χ3v) is 6.77. The maximum Gasteiger partial charge on any atom is 0.175 e. The summed E-state index contributed by atoms with van der Waals surface area (Å²) in [6.07, 6.45) is 1.34. The zero-order valence-corrected chi connectivity index (χ0v) is 25.0. The fourth-order valence-corrected chi connectivity index (χ4v) is 4.97. The molecule has 2 heterocycles. The first-order chi connectivity index (χ1) is 18.8. The van der Waals surface area contributed by atoms with Crippen LogP contribution in [0, 0.1) is 0 Å². The Kier molecular flexibility index (Phi) is 10.0. The Labute approximate surface area is 254 Å². The number of para-hydroxylation sites is 2. The molecule has 40 heavy (non-hydrogen) atoms. The first kappa shape index (κ1) is 29.0. The number of benzene rings is 4. The lowest BCUT2D eigenvalue weighted by molar-refractivity contribution is 0.533. The molecule has 0 spiro atoms. The van der Waals surface area contributed by atoms with Crippen LogP contribution in [0.2, 0.25) is 0 Å². The summed E-state index contributed by atoms with van der Waals surface area (Å²) < 4.78 is 0. The Morgan fingerprint density at radius 1 is 0.600 bits per heavy atom. The highest BCUT2D eigenvalue weighted by Crippen LogP contribution is 2.39. The van der Waals surface area contributed by atoms with Crippen molar-refractivity contribution in [2.45, 2.75) is 24.7 Å². The lowest BCUT2D eigenvalue weighted by Crippen LogP contribution is -2.44. The molecule has 0 saturated heterocycles. The van der Waals surface area contributed by atoms with E-state index >= 15 is 0 Å². The number of nitrogens with one attached hydrogen (secondary N) is 2. The molecule has 8 nitrogen and oxygen atoms in total. The van der Waals surface area contributed by atoms with Gasteiger partial charge < -0.3 is 0 Å². The second-order valence-electron chi connectivity index (χ2n) is 9.20. The zero-order valence-electron chi connectivity index (χ0n) is 21.6. The van der Waals surface area contributed by atoms with E-state index in [0.717, 1.165) is 17.2 Å². The third-order valence-electron chi connectivity index (χ3n) is 6.77. The second kappa shape index (κ2) is 13.9. The van der Waals surface area contributed by atoms with Crippen molar-refractivity contribution in [1.82, 2.24) is 26.0 Å². The van der Waals surface area contributed by atoms with Gasteiger partial charge in [0.25, 0.3) is 0 Å². The Bertz CT molecular complexity index is 1450. The molecule has 10 heteroatoms. The number of aromatic amines is 1. The van der Waals surface area contributed by atoms with Gasteiger partial charge in [0.2, 0.25) is 0 Å². The van der Waals surface area contributed by atoms with Crippen molar-refractivity contribution in [3.05, 3.63) is 138 Å². The highest BCUT2D eigenvalue weighted by molar-refractivity contribution is 8.93. The van der Waals surface area contributed by atoms with Gasteiger partial charge in [0.05, 0.1) is 11.4 Å². The quantitative estimate of drug-likeness (QED) is 0.185. The molecule has 0 saturated carbocycles. The fraction of sp³-hybridized carbons (Fsp3) is 0.133. The van der Waals surface area contributed by atoms with E-state index in [4.69, 9.17) is 5.10 Å². The van der Waals surface area contributed by atoms with Gasteiger partial charge in [0, 0.05) is 12.8 Å². The summed E-state index contributed by atoms with van der Waals surface area (Å²) in [7, 11) is 0. The van der Waals surface area contributed by atoms with Crippen molar-refractivity contribution in [3.63, 3.8) is 0 Å². The van der Waals surface area contributed by atoms with E-state index in [1.54, 1.807) is 0 Å². The van der Waals surface area contributed by atoms with Gasteiger partial charge in [-0.1, -0.05) is 102 Å². The lowest BCUT2D eigenvalue weighted by Gasteiger charge is -2.29. The number of halogens is 2. The van der Waals surface area contributed by atoms with Crippen LogP contribution in [0.25, 0.3) is 0 Å². The molecule has 2 N–H and O–H groups in total. The van der Waals surface area contributed by atoms with E-state index in [-0.39, 0.29) is 45.8 Å². The number of hydrogen-bond donors (Lipinski definition) is 2. The van der Waals surface area contributed by atoms with Gasteiger partial charge in [0.15, 0.2) is 5.82 Å². The van der Waals surface area contributed by atoms with Crippen molar-refractivity contribution in [2.24, 2.45) is 5.10 Å². The van der Waals surface area contributed by atoms with E-state index in [1.807, 2.05) is 52.7 Å². The molecule has 0 amide bonds. The predicted molar refractivity (Wildman–Crippen MR) is 170 cm³/mol. The maximum absolute atomic E-state index is 5.07. The van der Waals surface area contributed by atoms with Crippen LogP contribution in [0.3, 0.4) is 0 Å². The molecule has 0 aliphatic carbocycles. The first-order valence-corrected chi connectivity index (χ1v) is 12.7. The summed E-state index contributed by atoms with van der Waals surface area (Å²) in [5.74, 6) is 1.78. The number of rotatable bonds is 9. The molecule has 2 unspecified atom stereocenters. The summed E-state index contributed by atoms with van der Waals surface area (Å²) >= 11 is 0. The van der Waals surface area contributed by atoms with Crippen LogP contribution in [0.4, 0.5) is 11.4 Å². The maximum atomic E-state index is 5.07. The van der Waals surface area contributed by atoms with Gasteiger partial charge >= 0.3 is 0 Å². The molecule has 2 atom stereocenters. The molecular formula is C30H30Br2N8. The number of H-pyrrole nitrogens is 1. The summed E-state index contributed by atoms with van der Waals surface area (Å²) in [6.45, 7) is 0. The number of amidine groups is 1. The molecule has 1 aliphatic heterocycles. The standard InChI is InChI=1S/C30H28N8.2BrH/c1-5-13-23(14-6-1)27(21-29-31-35-36-32-29)28(24-15-7-2-8-16-24)22-30-33-37(25-17-9-3-10-18-25)38(34-30)26-19-11-4-12-20-26;;/h1-20,27-28H,21-22H2,(H,33,34)(H,31,32,35,36);2*1H. The van der Waals surface area contributed by atoms with E-state index in [1.165, 1.54) is 11.1 Å². The van der Waals surface area contributed by atoms with Crippen LogP contribution in [0.15, 0.2) is 126 Å². The smallest absolute Gasteiger partial charge is 0.175 e. The molecule has 0 fully saturated rings. The van der Waals surface area contributed by atoms with Gasteiger partial charge in [-0.3, -0.25) is 5.43 Å². The minimum atomic E-state index is 0. The van der Waals surface area contributed by atoms with Gasteiger partial charge in [-0.25, -0.2) is 0 Å². The van der Waals surface area contributed by atoms with Gasteiger partial charge in [0.1, 0.15) is 5.84 Å². The zero-order chi connectivity index (χ0) is 25.6. The molecule has 0 bridgehead atoms. The lowest BCUT2D eigenvalue weighted by atomic mass is 9.77. The van der Waals surface area contributed by atoms with Crippen LogP contribution in [0.5, 0.6) is 0 Å². The number of aromatic nitrogens is 4. The number of hydrazine groups is 2. The monoisotopic (exact) mass is 660 g/mol. The Morgan fingerprint density at radius 2 is 1.10 bits per heavy atom. The highest BCUT2D eigenvalue weighted by Gasteiger charge is 2.32. The number of hydrogen-bond acceptors (Lipinski definition) is 7. The summed E-state index contributed by atoms with van der Waals surface area (Å²) in [4.78, 5) is 0. The van der Waals surface area contributed by atoms with Crippen molar-refractivity contribution in [1.29, 1.82) is 0 Å². The topological polar surface area (TPSA) is 85.3 Å². The molecule has 1 aliphatic rings. The molecule has 5 aromatic rings. The normalized spacial score (nSPS) is 13.8. The van der Waals surface area contributed by atoms with Crippen LogP contribution in [-0.4, -0.2) is 26.5 Å². The Morgan fingerprint density at radius 3 is 1.62 bits per heavy atom. The van der Waals surface area contributed by atoms with E-state index in [0.29, 0.717) is 18.7 Å². The average molecular weight is 662 g/mol. The minimum Gasteiger partial charge on any atom is -0.263 e. The molecule has 4 aromatic carbocycles. The van der Waals surface area contributed by atoms with Crippen molar-refractivity contribution in [2.75, 3.05) is 10.2 Å². The van der Waals surface area contributed by atoms with Gasteiger partial charge in [-0.05, 0) is 47.2 Å². The summed E-state index contributed by atoms with van der Waals surface area (Å²) in [5, 5.41) is 24.0. The predicted octanol–water partition coefficient (Wildman–Crippen LogP) is 6.62. The highest BCUT2D eigenvalue weighted by atomic mass is 79.9. The van der Waals surface area contributed by atoms with Crippen LogP contribution in [0.1, 0.15) is 35.2 Å². The largest absolute Gasteiger partial charge is 0.263 e. The van der Waals surface area contributed by atoms with Crippen LogP contribution < -0.4 is 15.7 Å². The molecule has 6 rings (SSSR count). The van der Waals surface area contributed by atoms with E-state index in [9.17, 15) is 0 Å². The fourth-order valence-electron chi connectivity index (χ4n) is 4.97. The van der Waals surface area contributed by atoms with Gasteiger partial charge in [-0.2, -0.15) is 15.4 Å². The van der Waals surface area contributed by atoms with E-state index in [2.05, 4.69) is 105 Å². The minimum absolute atomic E-state index is 0. The third kappa shape index (κ3) is 6.57. The SMILES string of the molecule is Br.Br.c1ccc(C(CC2=NN(c3ccccc3)N(c3ccccc3)N2)C(Cc2nn[nH]n2)c2ccccc2)cc1. The Hall–Kier alpha value is -4.02. The molecule has 0 radical (unpaired) electrons. The van der Waals surface area contributed by atoms with Crippen LogP contribution in [-0.2, 0) is 6.42 Å². The first-order valence-electron chi connectivity index (χ1n) is 12.7. The molecular weight excluding hydrogens is 632 g/mol. The summed E-state index contributed by atoms with van der Waals surface area (Å²) in [5.41, 5.74) is 8.01. The molecule has 204 valence electrons.